The summed E-state index contributed by atoms with van der Waals surface area (Å²) in [4.78, 5) is 45.9. The highest BCUT2D eigenvalue weighted by molar-refractivity contribution is 6.31. The third-order valence-electron chi connectivity index (χ3n) is 8.52. The van der Waals surface area contributed by atoms with E-state index in [0.717, 1.165) is 5.56 Å². The Kier molecular flexibility index (Phi) is 11.4. The van der Waals surface area contributed by atoms with Gasteiger partial charge in [0.1, 0.15) is 11.8 Å². The molecular weight excluding hydrogens is 576 g/mol. The summed E-state index contributed by atoms with van der Waals surface area (Å²) in [5.74, 6) is -3.31. The van der Waals surface area contributed by atoms with Gasteiger partial charge in [0.05, 0.1) is 12.2 Å². The van der Waals surface area contributed by atoms with Crippen LogP contribution in [0.5, 0.6) is 5.75 Å². The van der Waals surface area contributed by atoms with Crippen LogP contribution in [0.25, 0.3) is 0 Å². The molecule has 0 radical (unpaired) electrons. The van der Waals surface area contributed by atoms with Crippen LogP contribution >= 0.6 is 11.6 Å². The zero-order chi connectivity index (χ0) is 31.0. The minimum atomic E-state index is -2.69. The summed E-state index contributed by atoms with van der Waals surface area (Å²) in [5.41, 5.74) is 1.20. The van der Waals surface area contributed by atoms with Gasteiger partial charge in [0, 0.05) is 63.9 Å². The molecular formula is C33H42ClF2N3O4. The average Bonchev–Trinajstić information content (AvgIpc) is 3.00. The number of hydrogen-bond donors (Lipinski definition) is 0. The number of amides is 3. The Hall–Kier alpha value is -3.20. The summed E-state index contributed by atoms with van der Waals surface area (Å²) in [6.45, 7) is 1.77. The van der Waals surface area contributed by atoms with Gasteiger partial charge in [0.15, 0.2) is 0 Å². The van der Waals surface area contributed by atoms with Crippen LogP contribution in [0.1, 0.15) is 67.3 Å². The fourth-order valence-electron chi connectivity index (χ4n) is 5.83. The Morgan fingerprint density at radius 3 is 2.30 bits per heavy atom. The molecule has 0 spiro atoms. The van der Waals surface area contributed by atoms with E-state index in [-0.39, 0.29) is 54.9 Å². The molecule has 43 heavy (non-hydrogen) atoms. The second-order valence-corrected chi connectivity index (χ2v) is 12.2. The third-order valence-corrected chi connectivity index (χ3v) is 8.76. The van der Waals surface area contributed by atoms with Crippen LogP contribution in [0.15, 0.2) is 48.5 Å². The predicted octanol–water partition coefficient (Wildman–Crippen LogP) is 6.09. The molecule has 234 valence electrons. The van der Waals surface area contributed by atoms with Gasteiger partial charge in [0.2, 0.25) is 17.7 Å². The number of fused-ring (bicyclic) bond motifs is 1. The summed E-state index contributed by atoms with van der Waals surface area (Å²) < 4.78 is 33.5. The molecule has 1 saturated carbocycles. The van der Waals surface area contributed by atoms with Crippen molar-refractivity contribution in [1.82, 2.24) is 14.7 Å². The molecule has 4 rings (SSSR count). The van der Waals surface area contributed by atoms with Crippen LogP contribution in [-0.4, -0.2) is 84.7 Å². The van der Waals surface area contributed by atoms with Crippen LogP contribution in [0.4, 0.5) is 8.78 Å². The Morgan fingerprint density at radius 2 is 1.60 bits per heavy atom. The fraction of sp³-hybridized carbons (Fsp3) is 0.545. The molecule has 1 atom stereocenters. The van der Waals surface area contributed by atoms with Gasteiger partial charge in [-0.1, -0.05) is 41.9 Å². The number of halogens is 3. The Morgan fingerprint density at radius 1 is 0.953 bits per heavy atom. The van der Waals surface area contributed by atoms with Crippen LogP contribution in [-0.2, 0) is 16.0 Å². The van der Waals surface area contributed by atoms with Gasteiger partial charge in [-0.15, -0.1) is 0 Å². The zero-order valence-electron chi connectivity index (χ0n) is 25.1. The number of nitrogens with zero attached hydrogens (tertiary/aromatic N) is 3. The number of benzene rings is 2. The quantitative estimate of drug-likeness (QED) is 0.418. The van der Waals surface area contributed by atoms with Crippen molar-refractivity contribution in [3.63, 3.8) is 0 Å². The molecule has 10 heteroatoms. The molecule has 2 aromatic carbocycles. The third kappa shape index (κ3) is 8.91. The molecule has 2 aromatic rings. The molecule has 7 nitrogen and oxygen atoms in total. The topological polar surface area (TPSA) is 70.2 Å². The van der Waals surface area contributed by atoms with E-state index in [9.17, 15) is 23.2 Å². The van der Waals surface area contributed by atoms with E-state index in [2.05, 4.69) is 0 Å². The Balaban J connectivity index is 1.55. The summed E-state index contributed by atoms with van der Waals surface area (Å²) >= 11 is 6.28. The number of carbonyl (C=O) groups excluding carboxylic acids is 3. The minimum absolute atomic E-state index is 0.0612. The van der Waals surface area contributed by atoms with Crippen molar-refractivity contribution in [2.75, 3.05) is 40.3 Å². The largest absolute Gasteiger partial charge is 0.493 e. The summed E-state index contributed by atoms with van der Waals surface area (Å²) in [5, 5.41) is 0.382. The Bertz CT molecular complexity index is 1250. The van der Waals surface area contributed by atoms with Gasteiger partial charge in [-0.2, -0.15) is 0 Å². The first-order valence-electron chi connectivity index (χ1n) is 15.2. The molecule has 0 aromatic heterocycles. The van der Waals surface area contributed by atoms with Crippen molar-refractivity contribution in [2.45, 2.75) is 69.8 Å². The maximum atomic E-state index is 13.8. The molecule has 3 amide bonds. The molecule has 1 heterocycles. The number of hydrogen-bond acceptors (Lipinski definition) is 4. The normalized spacial score (nSPS) is 21.6. The second-order valence-electron chi connectivity index (χ2n) is 11.7. The molecule has 0 bridgehead atoms. The zero-order valence-corrected chi connectivity index (χ0v) is 25.8. The van der Waals surface area contributed by atoms with E-state index >= 15 is 0 Å². The first kappa shape index (κ1) is 32.7. The molecule has 0 saturated heterocycles. The van der Waals surface area contributed by atoms with Crippen LogP contribution in [0, 0.1) is 5.92 Å². The molecule has 0 unspecified atom stereocenters. The lowest BCUT2D eigenvalue weighted by molar-refractivity contribution is -0.140. The molecule has 2 aliphatic rings. The van der Waals surface area contributed by atoms with E-state index in [1.807, 2.05) is 30.3 Å². The van der Waals surface area contributed by atoms with Crippen molar-refractivity contribution in [3.8, 4) is 5.75 Å². The number of alkyl halides is 2. The highest BCUT2D eigenvalue weighted by Gasteiger charge is 2.38. The van der Waals surface area contributed by atoms with Crippen molar-refractivity contribution in [1.29, 1.82) is 0 Å². The molecule has 1 aliphatic carbocycles. The van der Waals surface area contributed by atoms with E-state index < -0.39 is 12.0 Å². The fourth-order valence-corrected chi connectivity index (χ4v) is 6.01. The first-order chi connectivity index (χ1) is 20.6. The van der Waals surface area contributed by atoms with Crippen molar-refractivity contribution in [2.24, 2.45) is 5.92 Å². The maximum absolute atomic E-state index is 13.8. The van der Waals surface area contributed by atoms with Crippen LogP contribution in [0.3, 0.4) is 0 Å². The van der Waals surface area contributed by atoms with E-state index in [0.29, 0.717) is 69.1 Å². The Labute approximate surface area is 258 Å². The summed E-state index contributed by atoms with van der Waals surface area (Å²) in [6, 6.07) is 13.7. The van der Waals surface area contributed by atoms with Gasteiger partial charge in [-0.25, -0.2) is 8.78 Å². The lowest BCUT2D eigenvalue weighted by atomic mass is 9.86. The summed E-state index contributed by atoms with van der Waals surface area (Å²) in [7, 11) is 3.36. The van der Waals surface area contributed by atoms with Gasteiger partial charge in [-0.3, -0.25) is 14.4 Å². The highest BCUT2D eigenvalue weighted by atomic mass is 35.5. The minimum Gasteiger partial charge on any atom is -0.493 e. The standard InChI is InChI=1S/C33H42ClF2N3O4/c1-37-18-6-7-19-39(30(40)25-14-16-33(35,36)17-15-25)20-8-9-21-43-29-13-12-26(34)23-27(29)31(41)38(2)28(32(37)42)22-24-10-4-3-5-11-24/h3-5,10-13,23,25,28H,6-9,14-22H2,1-2H3/t28-/m0/s1. The lowest BCUT2D eigenvalue weighted by Gasteiger charge is -2.32. The smallest absolute Gasteiger partial charge is 0.258 e. The monoisotopic (exact) mass is 617 g/mol. The molecule has 1 aliphatic heterocycles. The number of rotatable bonds is 3. The lowest BCUT2D eigenvalue weighted by Crippen LogP contribution is -2.49. The van der Waals surface area contributed by atoms with Crippen LogP contribution < -0.4 is 4.74 Å². The molecule has 1 fully saturated rings. The van der Waals surface area contributed by atoms with Gasteiger partial charge in [0.25, 0.3) is 5.91 Å². The SMILES string of the molecule is CN1CCCCN(C(=O)C2CCC(F)(F)CC2)CCCCOc2ccc(Cl)cc2C(=O)N(C)[C@@H](Cc2ccccc2)C1=O. The van der Waals surface area contributed by atoms with E-state index in [4.69, 9.17) is 16.3 Å². The maximum Gasteiger partial charge on any atom is 0.258 e. The average molecular weight is 618 g/mol. The van der Waals surface area contributed by atoms with E-state index in [1.54, 1.807) is 42.1 Å². The van der Waals surface area contributed by atoms with E-state index in [1.165, 1.54) is 4.90 Å². The number of ether oxygens (including phenoxy) is 1. The van der Waals surface area contributed by atoms with Gasteiger partial charge >= 0.3 is 0 Å². The van der Waals surface area contributed by atoms with Crippen molar-refractivity contribution < 1.29 is 27.9 Å². The second kappa shape index (κ2) is 15.0. The van der Waals surface area contributed by atoms with Gasteiger partial charge in [-0.05, 0) is 62.3 Å². The van der Waals surface area contributed by atoms with Gasteiger partial charge < -0.3 is 19.4 Å². The van der Waals surface area contributed by atoms with Crippen LogP contribution in [0.2, 0.25) is 5.02 Å². The molecule has 0 N–H and O–H groups in total. The predicted molar refractivity (Wildman–Crippen MR) is 163 cm³/mol. The number of carbonyl (C=O) groups is 3. The van der Waals surface area contributed by atoms with Crippen molar-refractivity contribution >= 4 is 29.3 Å². The first-order valence-corrected chi connectivity index (χ1v) is 15.6. The number of likely N-dealkylation sites (N-methyl/N-ethyl adjacent to an activating group) is 2. The highest BCUT2D eigenvalue weighted by Crippen LogP contribution is 2.37. The summed E-state index contributed by atoms with van der Waals surface area (Å²) in [6.07, 6.45) is 2.87. The van der Waals surface area contributed by atoms with Crippen molar-refractivity contribution in [3.05, 3.63) is 64.7 Å².